The minimum Gasteiger partial charge on any atom is -0.313 e. The number of piperidine rings is 1. The molecule has 1 aliphatic rings. The van der Waals surface area contributed by atoms with Gasteiger partial charge in [-0.05, 0) is 44.0 Å². The maximum absolute atomic E-state index is 12.2. The van der Waals surface area contributed by atoms with Crippen LogP contribution >= 0.6 is 23.2 Å². The van der Waals surface area contributed by atoms with Crippen LogP contribution in [0.4, 0.5) is 0 Å². The summed E-state index contributed by atoms with van der Waals surface area (Å²) >= 11 is 11.7. The van der Waals surface area contributed by atoms with E-state index in [-0.39, 0.29) is 17.8 Å². The molecule has 4 nitrogen and oxygen atoms in total. The van der Waals surface area contributed by atoms with E-state index in [1.807, 2.05) is 6.92 Å². The molecule has 0 saturated carbocycles. The fourth-order valence-corrected chi connectivity index (χ4v) is 4.13. The number of halogens is 2. The lowest BCUT2D eigenvalue weighted by atomic mass is 10.0. The molecule has 2 N–H and O–H groups in total. The molecular weight excluding hydrogens is 319 g/mol. The maximum Gasteiger partial charge on any atom is 0.216 e. The summed E-state index contributed by atoms with van der Waals surface area (Å²) < 4.78 is 27.2. The van der Waals surface area contributed by atoms with Gasteiger partial charge in [0.05, 0.1) is 15.8 Å². The summed E-state index contributed by atoms with van der Waals surface area (Å²) in [4.78, 5) is 0. The fourth-order valence-electron chi connectivity index (χ4n) is 2.33. The van der Waals surface area contributed by atoms with Gasteiger partial charge in [0.1, 0.15) is 0 Å². The first-order valence-corrected chi connectivity index (χ1v) is 8.95. The Bertz CT molecular complexity index is 578. The SMILES string of the molecule is CC1NCCCC1NS(=O)(=O)Cc1ccc(Cl)c(Cl)c1. The molecule has 1 aromatic carbocycles. The molecule has 20 heavy (non-hydrogen) atoms. The van der Waals surface area contributed by atoms with Crippen molar-refractivity contribution in [3.63, 3.8) is 0 Å². The topological polar surface area (TPSA) is 58.2 Å². The Balaban J connectivity index is 2.04. The second kappa shape index (κ2) is 6.62. The van der Waals surface area contributed by atoms with E-state index < -0.39 is 10.0 Å². The molecule has 0 bridgehead atoms. The largest absolute Gasteiger partial charge is 0.313 e. The average Bonchev–Trinajstić information content (AvgIpc) is 2.36. The molecule has 1 fully saturated rings. The van der Waals surface area contributed by atoms with Crippen LogP contribution in [0.15, 0.2) is 18.2 Å². The van der Waals surface area contributed by atoms with Crippen molar-refractivity contribution in [1.82, 2.24) is 10.0 Å². The predicted octanol–water partition coefficient (Wildman–Crippen LogP) is 2.55. The molecule has 112 valence electrons. The van der Waals surface area contributed by atoms with Crippen LogP contribution < -0.4 is 10.0 Å². The minimum absolute atomic E-state index is 0.0588. The van der Waals surface area contributed by atoms with Gasteiger partial charge in [-0.1, -0.05) is 29.3 Å². The van der Waals surface area contributed by atoms with Crippen molar-refractivity contribution in [1.29, 1.82) is 0 Å². The van der Waals surface area contributed by atoms with Crippen LogP contribution in [-0.2, 0) is 15.8 Å². The Morgan fingerprint density at radius 2 is 2.10 bits per heavy atom. The van der Waals surface area contributed by atoms with Crippen LogP contribution in [0.1, 0.15) is 25.3 Å². The highest BCUT2D eigenvalue weighted by Gasteiger charge is 2.25. The summed E-state index contributed by atoms with van der Waals surface area (Å²) in [6.07, 6.45) is 1.83. The van der Waals surface area contributed by atoms with Crippen molar-refractivity contribution in [3.8, 4) is 0 Å². The van der Waals surface area contributed by atoms with E-state index in [1.165, 1.54) is 0 Å². The molecular formula is C13H18Cl2N2O2S. The van der Waals surface area contributed by atoms with E-state index in [2.05, 4.69) is 10.0 Å². The number of benzene rings is 1. The van der Waals surface area contributed by atoms with Crippen molar-refractivity contribution in [3.05, 3.63) is 33.8 Å². The molecule has 1 aromatic rings. The zero-order chi connectivity index (χ0) is 14.8. The molecule has 2 atom stereocenters. The Morgan fingerprint density at radius 1 is 1.35 bits per heavy atom. The average molecular weight is 337 g/mol. The molecule has 1 heterocycles. The monoisotopic (exact) mass is 336 g/mol. The zero-order valence-electron chi connectivity index (χ0n) is 11.2. The van der Waals surface area contributed by atoms with Gasteiger partial charge < -0.3 is 5.32 Å². The van der Waals surface area contributed by atoms with Crippen LogP contribution in [0, 0.1) is 0 Å². The van der Waals surface area contributed by atoms with Crippen LogP contribution in [0.3, 0.4) is 0 Å². The van der Waals surface area contributed by atoms with Crippen LogP contribution in [-0.4, -0.2) is 27.0 Å². The van der Waals surface area contributed by atoms with Crippen molar-refractivity contribution < 1.29 is 8.42 Å². The van der Waals surface area contributed by atoms with Gasteiger partial charge in [0.25, 0.3) is 0 Å². The first-order chi connectivity index (χ1) is 9.37. The van der Waals surface area contributed by atoms with E-state index in [0.717, 1.165) is 19.4 Å². The summed E-state index contributed by atoms with van der Waals surface area (Å²) in [5, 5.41) is 4.06. The Hall–Kier alpha value is -0.330. The first-order valence-electron chi connectivity index (χ1n) is 6.55. The van der Waals surface area contributed by atoms with Gasteiger partial charge in [-0.2, -0.15) is 0 Å². The molecule has 0 aliphatic carbocycles. The highest BCUT2D eigenvalue weighted by atomic mass is 35.5. The molecule has 0 spiro atoms. The summed E-state index contributed by atoms with van der Waals surface area (Å²) in [6, 6.07) is 4.96. The number of hydrogen-bond donors (Lipinski definition) is 2. The van der Waals surface area contributed by atoms with Gasteiger partial charge in [-0.3, -0.25) is 0 Å². The third-order valence-electron chi connectivity index (χ3n) is 3.43. The Kier molecular flexibility index (Phi) is 5.31. The van der Waals surface area contributed by atoms with Gasteiger partial charge in [0.2, 0.25) is 10.0 Å². The number of nitrogens with one attached hydrogen (secondary N) is 2. The second-order valence-electron chi connectivity index (χ2n) is 5.12. The van der Waals surface area contributed by atoms with Gasteiger partial charge in [-0.15, -0.1) is 0 Å². The van der Waals surface area contributed by atoms with Gasteiger partial charge in [0, 0.05) is 12.1 Å². The summed E-state index contributed by atoms with van der Waals surface area (Å²) in [5.74, 6) is -0.0902. The highest BCUT2D eigenvalue weighted by molar-refractivity contribution is 7.88. The van der Waals surface area contributed by atoms with E-state index in [0.29, 0.717) is 15.6 Å². The van der Waals surface area contributed by atoms with Crippen molar-refractivity contribution >= 4 is 33.2 Å². The maximum atomic E-state index is 12.2. The molecule has 1 saturated heterocycles. The molecule has 7 heteroatoms. The van der Waals surface area contributed by atoms with Gasteiger partial charge in [0.15, 0.2) is 0 Å². The van der Waals surface area contributed by atoms with Gasteiger partial charge >= 0.3 is 0 Å². The standard InChI is InChI=1S/C13H18Cl2N2O2S/c1-9-13(3-2-6-16-9)17-20(18,19)8-10-4-5-11(14)12(15)7-10/h4-5,7,9,13,16-17H,2-3,6,8H2,1H3. The van der Waals surface area contributed by atoms with Crippen molar-refractivity contribution in [2.45, 2.75) is 37.6 Å². The summed E-state index contributed by atoms with van der Waals surface area (Å²) in [5.41, 5.74) is 0.628. The van der Waals surface area contributed by atoms with E-state index in [9.17, 15) is 8.42 Å². The van der Waals surface area contributed by atoms with Crippen LogP contribution in [0.5, 0.6) is 0 Å². The molecule has 0 aromatic heterocycles. The van der Waals surface area contributed by atoms with Crippen LogP contribution in [0.2, 0.25) is 10.0 Å². The smallest absolute Gasteiger partial charge is 0.216 e. The number of sulfonamides is 1. The normalized spacial score (nSPS) is 23.8. The zero-order valence-corrected chi connectivity index (χ0v) is 13.5. The Labute approximate surface area is 129 Å². The Morgan fingerprint density at radius 3 is 2.75 bits per heavy atom. The lowest BCUT2D eigenvalue weighted by molar-refractivity contribution is 0.348. The van der Waals surface area contributed by atoms with Crippen LogP contribution in [0.25, 0.3) is 0 Å². The minimum atomic E-state index is -3.39. The van der Waals surface area contributed by atoms with Crippen molar-refractivity contribution in [2.75, 3.05) is 6.54 Å². The third kappa shape index (κ3) is 4.33. The molecule has 1 aliphatic heterocycles. The van der Waals surface area contributed by atoms with E-state index in [4.69, 9.17) is 23.2 Å². The molecule has 0 amide bonds. The summed E-state index contributed by atoms with van der Waals surface area (Å²) in [6.45, 7) is 2.93. The lowest BCUT2D eigenvalue weighted by Gasteiger charge is -2.30. The quantitative estimate of drug-likeness (QED) is 0.888. The first kappa shape index (κ1) is 16.0. The van der Waals surface area contributed by atoms with E-state index >= 15 is 0 Å². The summed E-state index contributed by atoms with van der Waals surface area (Å²) in [7, 11) is -3.39. The molecule has 2 rings (SSSR count). The number of hydrogen-bond acceptors (Lipinski definition) is 3. The fraction of sp³-hybridized carbons (Fsp3) is 0.538. The highest BCUT2D eigenvalue weighted by Crippen LogP contribution is 2.23. The van der Waals surface area contributed by atoms with Crippen molar-refractivity contribution in [2.24, 2.45) is 0 Å². The second-order valence-corrected chi connectivity index (χ2v) is 7.69. The molecule has 0 radical (unpaired) electrons. The molecule has 2 unspecified atom stereocenters. The third-order valence-corrected chi connectivity index (χ3v) is 5.55. The number of rotatable bonds is 4. The predicted molar refractivity (Wildman–Crippen MR) is 82.7 cm³/mol. The van der Waals surface area contributed by atoms with Gasteiger partial charge in [-0.25, -0.2) is 13.1 Å². The van der Waals surface area contributed by atoms with E-state index in [1.54, 1.807) is 18.2 Å². The lowest BCUT2D eigenvalue weighted by Crippen LogP contribution is -2.52.